The highest BCUT2D eigenvalue weighted by Crippen LogP contribution is 2.16. The fraction of sp³-hybridized carbons (Fsp3) is 0.300. The number of carbonyl (C=O) groups is 1. The van der Waals surface area contributed by atoms with Gasteiger partial charge in [-0.25, -0.2) is 0 Å². The molecule has 0 fully saturated rings. The van der Waals surface area contributed by atoms with Gasteiger partial charge in [0.05, 0.1) is 28.0 Å². The Morgan fingerprint density at radius 1 is 1.17 bits per heavy atom. The van der Waals surface area contributed by atoms with Crippen LogP contribution in [0.1, 0.15) is 27.6 Å². The molecule has 0 aliphatic heterocycles. The molecule has 0 aliphatic rings. The summed E-state index contributed by atoms with van der Waals surface area (Å²) in [5.74, 6) is 0. The quantitative estimate of drug-likeness (QED) is 0.738. The maximum Gasteiger partial charge on any atom is 0.171 e. The Morgan fingerprint density at radius 2 is 1.72 bits per heavy atom. The highest BCUT2D eigenvalue weighted by Gasteiger charge is 2.04. The standard InChI is InChI=1S/C5H7ClN2O.C5H5ClN2O/c2*1-3-5(6)4(2-9)8-7-3/h9H,2H2,1H3,(H,7,8);2H,1H3,(H,7,8). The molecule has 0 atom stereocenters. The maximum atomic E-state index is 10.1. The van der Waals surface area contributed by atoms with E-state index in [9.17, 15) is 4.79 Å². The first-order chi connectivity index (χ1) is 8.51. The fourth-order valence-corrected chi connectivity index (χ4v) is 1.36. The number of H-pyrrole nitrogens is 2. The van der Waals surface area contributed by atoms with Crippen molar-refractivity contribution in [2.24, 2.45) is 0 Å². The van der Waals surface area contributed by atoms with Crippen molar-refractivity contribution < 1.29 is 9.90 Å². The van der Waals surface area contributed by atoms with Gasteiger partial charge in [0, 0.05) is 0 Å². The van der Waals surface area contributed by atoms with E-state index in [1.54, 1.807) is 13.8 Å². The van der Waals surface area contributed by atoms with Crippen molar-refractivity contribution >= 4 is 29.5 Å². The molecular weight excluding hydrogens is 279 g/mol. The number of aryl methyl sites for hydroxylation is 2. The summed E-state index contributed by atoms with van der Waals surface area (Å²) in [6.07, 6.45) is 0.617. The van der Waals surface area contributed by atoms with Gasteiger partial charge in [0.1, 0.15) is 11.4 Å². The minimum atomic E-state index is -0.108. The molecule has 0 aromatic carbocycles. The SMILES string of the molecule is Cc1[nH]nc(C=O)c1Cl.Cc1[nH]nc(CO)c1Cl. The van der Waals surface area contributed by atoms with Crippen LogP contribution in [0.3, 0.4) is 0 Å². The van der Waals surface area contributed by atoms with E-state index in [0.717, 1.165) is 11.4 Å². The average Bonchev–Trinajstić information content (AvgIpc) is 2.86. The smallest absolute Gasteiger partial charge is 0.171 e. The number of aliphatic hydroxyl groups is 1. The summed E-state index contributed by atoms with van der Waals surface area (Å²) in [5.41, 5.74) is 2.29. The molecule has 2 rings (SSSR count). The molecule has 6 nitrogen and oxygen atoms in total. The summed E-state index contributed by atoms with van der Waals surface area (Å²) in [6.45, 7) is 3.44. The monoisotopic (exact) mass is 290 g/mol. The Hall–Kier alpha value is -1.37. The third-order valence-electron chi connectivity index (χ3n) is 2.10. The number of aldehydes is 1. The minimum absolute atomic E-state index is 0.108. The van der Waals surface area contributed by atoms with Crippen molar-refractivity contribution in [3.63, 3.8) is 0 Å². The van der Waals surface area contributed by atoms with Crippen molar-refractivity contribution in [1.29, 1.82) is 0 Å². The summed E-state index contributed by atoms with van der Waals surface area (Å²) < 4.78 is 0. The zero-order valence-electron chi connectivity index (χ0n) is 9.79. The molecule has 0 aliphatic carbocycles. The third kappa shape index (κ3) is 3.32. The number of carbonyl (C=O) groups excluding carboxylic acids is 1. The highest BCUT2D eigenvalue weighted by atomic mass is 35.5. The van der Waals surface area contributed by atoms with Crippen LogP contribution in [-0.4, -0.2) is 31.8 Å². The van der Waals surface area contributed by atoms with Gasteiger partial charge < -0.3 is 5.11 Å². The molecule has 0 spiro atoms. The number of halogens is 2. The van der Waals surface area contributed by atoms with E-state index < -0.39 is 0 Å². The lowest BCUT2D eigenvalue weighted by molar-refractivity contribution is 0.111. The summed E-state index contributed by atoms with van der Waals surface area (Å²) in [6, 6.07) is 0. The third-order valence-corrected chi connectivity index (χ3v) is 3.08. The Morgan fingerprint density at radius 3 is 1.94 bits per heavy atom. The molecule has 3 N–H and O–H groups in total. The van der Waals surface area contributed by atoms with Crippen LogP contribution in [0.2, 0.25) is 10.0 Å². The molecule has 8 heteroatoms. The van der Waals surface area contributed by atoms with Crippen LogP contribution < -0.4 is 0 Å². The van der Waals surface area contributed by atoms with E-state index in [1.165, 1.54) is 0 Å². The first-order valence-corrected chi connectivity index (χ1v) is 5.72. The molecule has 18 heavy (non-hydrogen) atoms. The number of rotatable bonds is 2. The van der Waals surface area contributed by atoms with E-state index in [-0.39, 0.29) is 12.3 Å². The normalized spacial score (nSPS) is 9.83. The van der Waals surface area contributed by atoms with E-state index >= 15 is 0 Å². The molecule has 0 bridgehead atoms. The van der Waals surface area contributed by atoms with Crippen molar-refractivity contribution in [1.82, 2.24) is 20.4 Å². The lowest BCUT2D eigenvalue weighted by atomic mass is 10.4. The number of aliphatic hydroxyl groups excluding tert-OH is 1. The minimum Gasteiger partial charge on any atom is -0.390 e. The zero-order chi connectivity index (χ0) is 13.7. The summed E-state index contributed by atoms with van der Waals surface area (Å²) in [4.78, 5) is 10.1. The van der Waals surface area contributed by atoms with Gasteiger partial charge in [-0.1, -0.05) is 23.2 Å². The molecule has 0 unspecified atom stereocenters. The number of aromatic amines is 2. The molecule has 2 heterocycles. The Kier molecular flexibility index (Phi) is 5.33. The van der Waals surface area contributed by atoms with E-state index in [0.29, 0.717) is 22.0 Å². The predicted molar refractivity (Wildman–Crippen MR) is 68.0 cm³/mol. The largest absolute Gasteiger partial charge is 0.390 e. The van der Waals surface area contributed by atoms with Crippen LogP contribution in [0.5, 0.6) is 0 Å². The molecule has 2 aromatic rings. The summed E-state index contributed by atoms with van der Waals surface area (Å²) in [7, 11) is 0. The van der Waals surface area contributed by atoms with Gasteiger partial charge in [0.2, 0.25) is 0 Å². The van der Waals surface area contributed by atoms with Gasteiger partial charge in [0.25, 0.3) is 0 Å². The van der Waals surface area contributed by atoms with Gasteiger partial charge >= 0.3 is 0 Å². The number of hydrogen-bond acceptors (Lipinski definition) is 4. The van der Waals surface area contributed by atoms with E-state index in [1.807, 2.05) is 0 Å². The average molecular weight is 291 g/mol. The van der Waals surface area contributed by atoms with E-state index in [2.05, 4.69) is 20.4 Å². The van der Waals surface area contributed by atoms with Gasteiger partial charge in [0.15, 0.2) is 6.29 Å². The molecule has 0 radical (unpaired) electrons. The Labute approximate surface area is 113 Å². The molecule has 2 aromatic heterocycles. The molecule has 0 saturated heterocycles. The van der Waals surface area contributed by atoms with Crippen molar-refractivity contribution in [3.05, 3.63) is 32.8 Å². The van der Waals surface area contributed by atoms with Gasteiger partial charge in [-0.15, -0.1) is 0 Å². The summed E-state index contributed by atoms with van der Waals surface area (Å²) >= 11 is 11.2. The van der Waals surface area contributed by atoms with Gasteiger partial charge in [-0.3, -0.25) is 15.0 Å². The van der Waals surface area contributed by atoms with Crippen molar-refractivity contribution in [3.8, 4) is 0 Å². The zero-order valence-corrected chi connectivity index (χ0v) is 11.3. The number of nitrogens with one attached hydrogen (secondary N) is 2. The van der Waals surface area contributed by atoms with Crippen molar-refractivity contribution in [2.75, 3.05) is 0 Å². The lowest BCUT2D eigenvalue weighted by Gasteiger charge is -1.85. The van der Waals surface area contributed by atoms with Crippen LogP contribution >= 0.6 is 23.2 Å². The maximum absolute atomic E-state index is 10.1. The van der Waals surface area contributed by atoms with Crippen LogP contribution in [0.25, 0.3) is 0 Å². The van der Waals surface area contributed by atoms with Crippen LogP contribution in [0.4, 0.5) is 0 Å². The predicted octanol–water partition coefficient (Wildman–Crippen LogP) is 2.05. The molecule has 0 amide bonds. The van der Waals surface area contributed by atoms with E-state index in [4.69, 9.17) is 28.3 Å². The number of nitrogens with zero attached hydrogens (tertiary/aromatic N) is 2. The molecule has 98 valence electrons. The van der Waals surface area contributed by atoms with Crippen LogP contribution in [-0.2, 0) is 6.61 Å². The highest BCUT2D eigenvalue weighted by molar-refractivity contribution is 6.33. The first kappa shape index (κ1) is 14.7. The second kappa shape index (κ2) is 6.53. The second-order valence-electron chi connectivity index (χ2n) is 3.43. The van der Waals surface area contributed by atoms with Crippen LogP contribution in [0, 0.1) is 13.8 Å². The number of aromatic nitrogens is 4. The van der Waals surface area contributed by atoms with Gasteiger partial charge in [-0.2, -0.15) is 10.2 Å². The molecular formula is C10H12Cl2N4O2. The second-order valence-corrected chi connectivity index (χ2v) is 4.19. The Balaban J connectivity index is 0.000000180. The van der Waals surface area contributed by atoms with Crippen molar-refractivity contribution in [2.45, 2.75) is 20.5 Å². The molecule has 0 saturated carbocycles. The first-order valence-electron chi connectivity index (χ1n) is 4.97. The lowest BCUT2D eigenvalue weighted by Crippen LogP contribution is -1.81. The Bertz CT molecular complexity index is 536. The van der Waals surface area contributed by atoms with Gasteiger partial charge in [-0.05, 0) is 13.8 Å². The van der Waals surface area contributed by atoms with Crippen LogP contribution in [0.15, 0.2) is 0 Å². The topological polar surface area (TPSA) is 94.7 Å². The fourth-order valence-electron chi connectivity index (χ4n) is 1.08. The summed E-state index contributed by atoms with van der Waals surface area (Å²) in [5, 5.41) is 22.1. The number of hydrogen-bond donors (Lipinski definition) is 3.